The van der Waals surface area contributed by atoms with E-state index in [1.54, 1.807) is 0 Å². The molecule has 130 valence electrons. The zero-order chi connectivity index (χ0) is 18.4. The summed E-state index contributed by atoms with van der Waals surface area (Å²) < 4.78 is 4.67. The molecule has 2 aromatic carbocycles. The van der Waals surface area contributed by atoms with Gasteiger partial charge >= 0.3 is 0 Å². The first kappa shape index (κ1) is 16.5. The molecule has 2 aromatic heterocycles. The highest BCUT2D eigenvalue weighted by molar-refractivity contribution is 5.81. The Morgan fingerprint density at radius 3 is 2.31 bits per heavy atom. The highest BCUT2D eigenvalue weighted by atomic mass is 15.2. The number of pyridine rings is 1. The second-order valence-electron chi connectivity index (χ2n) is 7.12. The highest BCUT2D eigenvalue weighted by Gasteiger charge is 2.28. The normalized spacial score (nSPS) is 11.3. The van der Waals surface area contributed by atoms with E-state index >= 15 is 0 Å². The maximum atomic E-state index is 4.40. The molecule has 26 heavy (non-hydrogen) atoms. The Morgan fingerprint density at radius 1 is 0.846 bits per heavy atom. The molecule has 0 unspecified atom stereocenters. The zero-order valence-corrected chi connectivity index (χ0v) is 16.0. The van der Waals surface area contributed by atoms with Gasteiger partial charge < -0.3 is 0 Å². The SMILES string of the molecule is Cc1cc2c(cc1C)[n+](C)c(-c1cnccc1C)n2-c1ccccc1C. The van der Waals surface area contributed by atoms with Gasteiger partial charge in [-0.2, -0.15) is 4.57 Å². The summed E-state index contributed by atoms with van der Waals surface area (Å²) in [7, 11) is 2.15. The summed E-state index contributed by atoms with van der Waals surface area (Å²) in [6.07, 6.45) is 3.83. The van der Waals surface area contributed by atoms with Gasteiger partial charge in [-0.05, 0) is 74.2 Å². The number of nitrogens with zero attached hydrogens (tertiary/aromatic N) is 3. The first-order valence-electron chi connectivity index (χ1n) is 8.97. The van der Waals surface area contributed by atoms with E-state index in [1.807, 2.05) is 12.4 Å². The molecule has 0 N–H and O–H groups in total. The lowest BCUT2D eigenvalue weighted by molar-refractivity contribution is -0.633. The van der Waals surface area contributed by atoms with Gasteiger partial charge in [0.25, 0.3) is 5.82 Å². The lowest BCUT2D eigenvalue weighted by Crippen LogP contribution is -2.30. The number of fused-ring (bicyclic) bond motifs is 1. The predicted molar refractivity (Wildman–Crippen MR) is 107 cm³/mol. The van der Waals surface area contributed by atoms with Crippen molar-refractivity contribution in [2.75, 3.05) is 0 Å². The molecule has 3 heteroatoms. The van der Waals surface area contributed by atoms with E-state index in [9.17, 15) is 0 Å². The van der Waals surface area contributed by atoms with Gasteiger partial charge in [-0.25, -0.2) is 4.57 Å². The van der Waals surface area contributed by atoms with Gasteiger partial charge in [0.2, 0.25) is 0 Å². The third kappa shape index (κ3) is 2.43. The van der Waals surface area contributed by atoms with Crippen molar-refractivity contribution in [2.45, 2.75) is 27.7 Å². The lowest BCUT2D eigenvalue weighted by Gasteiger charge is -2.08. The number of imidazole rings is 1. The fourth-order valence-corrected chi connectivity index (χ4v) is 3.67. The van der Waals surface area contributed by atoms with Crippen LogP contribution in [0.2, 0.25) is 0 Å². The van der Waals surface area contributed by atoms with E-state index in [0.717, 1.165) is 11.4 Å². The minimum atomic E-state index is 1.16. The summed E-state index contributed by atoms with van der Waals surface area (Å²) >= 11 is 0. The lowest BCUT2D eigenvalue weighted by atomic mass is 10.1. The Balaban J connectivity index is 2.21. The fraction of sp³-hybridized carbons (Fsp3) is 0.217. The number of hydrogen-bond donors (Lipinski definition) is 0. The van der Waals surface area contributed by atoms with Gasteiger partial charge in [0.15, 0.2) is 11.0 Å². The topological polar surface area (TPSA) is 21.7 Å². The van der Waals surface area contributed by atoms with Crippen LogP contribution in [0, 0.1) is 27.7 Å². The first-order chi connectivity index (χ1) is 12.5. The Labute approximate surface area is 154 Å². The molecule has 0 amide bonds. The van der Waals surface area contributed by atoms with Gasteiger partial charge in [-0.15, -0.1) is 0 Å². The monoisotopic (exact) mass is 342 g/mol. The number of rotatable bonds is 2. The van der Waals surface area contributed by atoms with Crippen molar-refractivity contribution in [2.24, 2.45) is 7.05 Å². The van der Waals surface area contributed by atoms with Crippen molar-refractivity contribution in [3.63, 3.8) is 0 Å². The average molecular weight is 342 g/mol. The van der Waals surface area contributed by atoms with Crippen LogP contribution in [0.4, 0.5) is 0 Å². The molecular formula is C23H24N3+. The van der Waals surface area contributed by atoms with Crippen LogP contribution in [0.5, 0.6) is 0 Å². The average Bonchev–Trinajstić information content (AvgIpc) is 2.88. The summed E-state index contributed by atoms with van der Waals surface area (Å²) in [5.41, 5.74) is 9.92. The van der Waals surface area contributed by atoms with Gasteiger partial charge in [-0.3, -0.25) is 4.98 Å². The molecular weight excluding hydrogens is 318 g/mol. The van der Waals surface area contributed by atoms with Crippen LogP contribution in [0.25, 0.3) is 28.1 Å². The number of aromatic nitrogens is 3. The number of benzene rings is 2. The fourth-order valence-electron chi connectivity index (χ4n) is 3.67. The highest BCUT2D eigenvalue weighted by Crippen LogP contribution is 2.31. The first-order valence-corrected chi connectivity index (χ1v) is 8.97. The van der Waals surface area contributed by atoms with E-state index in [0.29, 0.717) is 0 Å². The van der Waals surface area contributed by atoms with Crippen molar-refractivity contribution in [1.82, 2.24) is 9.55 Å². The minimum Gasteiger partial charge on any atom is -0.264 e. The molecule has 4 aromatic rings. The van der Waals surface area contributed by atoms with Crippen LogP contribution >= 0.6 is 0 Å². The van der Waals surface area contributed by atoms with Crippen molar-refractivity contribution in [1.29, 1.82) is 0 Å². The van der Waals surface area contributed by atoms with E-state index in [2.05, 4.69) is 91.3 Å². The van der Waals surface area contributed by atoms with Gasteiger partial charge in [0.05, 0.1) is 12.6 Å². The van der Waals surface area contributed by atoms with Crippen molar-refractivity contribution in [3.8, 4) is 17.1 Å². The predicted octanol–water partition coefficient (Wildman–Crippen LogP) is 4.75. The minimum absolute atomic E-state index is 1.16. The standard InChI is InChI=1S/C23H24N3/c1-15-10-11-24-14-19(15)23-25(5)21-12-17(3)18(4)13-22(21)26(23)20-9-7-6-8-16(20)2/h6-14H,1-5H3/q+1. The summed E-state index contributed by atoms with van der Waals surface area (Å²) in [5, 5.41) is 0. The summed E-state index contributed by atoms with van der Waals surface area (Å²) in [6, 6.07) is 15.2. The Kier molecular flexibility index (Phi) is 3.87. The van der Waals surface area contributed by atoms with Gasteiger partial charge in [0, 0.05) is 12.4 Å². The molecule has 2 heterocycles. The van der Waals surface area contributed by atoms with Crippen LogP contribution in [0.3, 0.4) is 0 Å². The van der Waals surface area contributed by atoms with Crippen LogP contribution < -0.4 is 4.57 Å². The zero-order valence-electron chi connectivity index (χ0n) is 16.0. The molecule has 0 fully saturated rings. The third-order valence-corrected chi connectivity index (χ3v) is 5.36. The maximum absolute atomic E-state index is 4.40. The Hall–Kier alpha value is -2.94. The third-order valence-electron chi connectivity index (χ3n) is 5.36. The molecule has 0 aliphatic rings. The number of para-hydroxylation sites is 1. The summed E-state index contributed by atoms with van der Waals surface area (Å²) in [6.45, 7) is 8.67. The van der Waals surface area contributed by atoms with Crippen LogP contribution in [-0.4, -0.2) is 9.55 Å². The van der Waals surface area contributed by atoms with E-state index < -0.39 is 0 Å². The van der Waals surface area contributed by atoms with Crippen LogP contribution in [0.15, 0.2) is 54.9 Å². The van der Waals surface area contributed by atoms with E-state index in [1.165, 1.54) is 39.0 Å². The number of hydrogen-bond acceptors (Lipinski definition) is 1. The van der Waals surface area contributed by atoms with Gasteiger partial charge in [0.1, 0.15) is 5.69 Å². The second kappa shape index (κ2) is 6.10. The molecule has 0 atom stereocenters. The summed E-state index contributed by atoms with van der Waals surface area (Å²) in [4.78, 5) is 4.40. The van der Waals surface area contributed by atoms with Crippen molar-refractivity contribution in [3.05, 3.63) is 77.1 Å². The molecule has 0 radical (unpaired) electrons. The van der Waals surface area contributed by atoms with Crippen molar-refractivity contribution >= 4 is 11.0 Å². The Morgan fingerprint density at radius 2 is 1.58 bits per heavy atom. The molecule has 0 aliphatic carbocycles. The molecule has 0 saturated carbocycles. The molecule has 3 nitrogen and oxygen atoms in total. The molecule has 0 bridgehead atoms. The van der Waals surface area contributed by atoms with Crippen LogP contribution in [-0.2, 0) is 7.05 Å². The molecule has 0 saturated heterocycles. The summed E-state index contributed by atoms with van der Waals surface area (Å²) in [5.74, 6) is 1.16. The largest absolute Gasteiger partial charge is 0.296 e. The Bertz CT molecular complexity index is 1140. The molecule has 0 aliphatic heterocycles. The van der Waals surface area contributed by atoms with Crippen molar-refractivity contribution < 1.29 is 4.57 Å². The maximum Gasteiger partial charge on any atom is 0.296 e. The van der Waals surface area contributed by atoms with E-state index in [4.69, 9.17) is 0 Å². The van der Waals surface area contributed by atoms with Gasteiger partial charge in [-0.1, -0.05) is 18.2 Å². The van der Waals surface area contributed by atoms with Crippen LogP contribution in [0.1, 0.15) is 22.3 Å². The quantitative estimate of drug-likeness (QED) is 0.482. The smallest absolute Gasteiger partial charge is 0.264 e. The molecule has 4 rings (SSSR count). The van der Waals surface area contributed by atoms with E-state index in [-0.39, 0.29) is 0 Å². The number of aryl methyl sites for hydroxylation is 5. The molecule has 0 spiro atoms. The second-order valence-corrected chi connectivity index (χ2v) is 7.12.